The fraction of sp³-hybridized carbons (Fsp3) is 0.211. The zero-order valence-corrected chi connectivity index (χ0v) is 13.8. The van der Waals surface area contributed by atoms with Crippen LogP contribution in [-0.2, 0) is 6.42 Å². The molecule has 1 aliphatic heterocycles. The van der Waals surface area contributed by atoms with Gasteiger partial charge in [-0.1, -0.05) is 6.07 Å². The van der Waals surface area contributed by atoms with Gasteiger partial charge in [-0.25, -0.2) is 0 Å². The van der Waals surface area contributed by atoms with Gasteiger partial charge in [-0.15, -0.1) is 11.3 Å². The molecule has 0 spiro atoms. The highest BCUT2D eigenvalue weighted by Gasteiger charge is 2.28. The lowest BCUT2D eigenvalue weighted by molar-refractivity contribution is 0.0679. The Morgan fingerprint density at radius 1 is 1.17 bits per heavy atom. The van der Waals surface area contributed by atoms with Gasteiger partial charge in [0.05, 0.1) is 6.04 Å². The molecule has 0 unspecified atom stereocenters. The summed E-state index contributed by atoms with van der Waals surface area (Å²) in [6.45, 7) is 2.92. The fourth-order valence-corrected chi connectivity index (χ4v) is 4.22. The Hall–Kier alpha value is -2.33. The summed E-state index contributed by atoms with van der Waals surface area (Å²) in [5, 5.41) is 2.13. The predicted octanol–water partition coefficient (Wildman–Crippen LogP) is 4.30. The van der Waals surface area contributed by atoms with Crippen LogP contribution < -0.4 is 0 Å². The Morgan fingerprint density at radius 3 is 2.83 bits per heavy atom. The molecule has 23 heavy (non-hydrogen) atoms. The fourth-order valence-electron chi connectivity index (χ4n) is 3.26. The maximum absolute atomic E-state index is 13.0. The first kappa shape index (κ1) is 14.3. The first-order valence-electron chi connectivity index (χ1n) is 7.84. The van der Waals surface area contributed by atoms with Crippen LogP contribution in [0.1, 0.15) is 33.8 Å². The second-order valence-electron chi connectivity index (χ2n) is 5.86. The number of thiophene rings is 1. The van der Waals surface area contributed by atoms with Gasteiger partial charge in [0.2, 0.25) is 0 Å². The molecular weight excluding hydrogens is 304 g/mol. The largest absolute Gasteiger partial charge is 0.331 e. The summed E-state index contributed by atoms with van der Waals surface area (Å²) in [5.41, 5.74) is 3.07. The molecule has 4 rings (SSSR count). The summed E-state index contributed by atoms with van der Waals surface area (Å²) >= 11 is 1.80. The van der Waals surface area contributed by atoms with Gasteiger partial charge in [0.1, 0.15) is 0 Å². The Bertz CT molecular complexity index is 835. The number of nitrogens with zero attached hydrogens (tertiary/aromatic N) is 2. The maximum atomic E-state index is 13.0. The zero-order valence-electron chi connectivity index (χ0n) is 13.0. The van der Waals surface area contributed by atoms with Crippen LogP contribution in [0.15, 0.2) is 60.2 Å². The number of carbonyl (C=O) groups is 1. The molecule has 1 atom stereocenters. The molecule has 0 N–H and O–H groups in total. The number of hydrogen-bond acceptors (Lipinski definition) is 2. The summed E-state index contributed by atoms with van der Waals surface area (Å²) in [4.78, 5) is 16.4. The van der Waals surface area contributed by atoms with E-state index in [0.717, 1.165) is 24.2 Å². The van der Waals surface area contributed by atoms with Crippen molar-refractivity contribution >= 4 is 17.2 Å². The van der Waals surface area contributed by atoms with Crippen LogP contribution >= 0.6 is 11.3 Å². The molecule has 3 heterocycles. The molecule has 3 aromatic rings. The summed E-state index contributed by atoms with van der Waals surface area (Å²) in [6.07, 6.45) is 4.94. The Balaban J connectivity index is 1.64. The predicted molar refractivity (Wildman–Crippen MR) is 93.2 cm³/mol. The number of amides is 1. The van der Waals surface area contributed by atoms with Gasteiger partial charge >= 0.3 is 0 Å². The molecule has 1 amide bonds. The number of benzene rings is 1. The third-order valence-electron chi connectivity index (χ3n) is 4.53. The van der Waals surface area contributed by atoms with Crippen LogP contribution in [0.3, 0.4) is 0 Å². The standard InChI is InChI=1S/C19H18N2OS/c1-14-17-8-12-23-18(17)7-11-21(14)19(22)15-5-4-6-16(13-15)20-9-2-3-10-20/h2-6,8-10,12-14H,7,11H2,1H3/t14-/m1/s1. The molecule has 0 saturated heterocycles. The lowest BCUT2D eigenvalue weighted by Crippen LogP contribution is -2.38. The molecular formula is C19H18N2OS. The monoisotopic (exact) mass is 322 g/mol. The van der Waals surface area contributed by atoms with Crippen molar-refractivity contribution in [1.29, 1.82) is 0 Å². The van der Waals surface area contributed by atoms with Crippen LogP contribution in [0.25, 0.3) is 5.69 Å². The number of fused-ring (bicyclic) bond motifs is 1. The smallest absolute Gasteiger partial charge is 0.254 e. The third-order valence-corrected chi connectivity index (χ3v) is 5.53. The van der Waals surface area contributed by atoms with Crippen molar-refractivity contribution < 1.29 is 4.79 Å². The van der Waals surface area contributed by atoms with Crippen LogP contribution in [0.4, 0.5) is 0 Å². The van der Waals surface area contributed by atoms with Gasteiger partial charge in [0.25, 0.3) is 5.91 Å². The van der Waals surface area contributed by atoms with Crippen LogP contribution in [0.2, 0.25) is 0 Å². The van der Waals surface area contributed by atoms with Crippen molar-refractivity contribution in [2.24, 2.45) is 0 Å². The van der Waals surface area contributed by atoms with Crippen molar-refractivity contribution in [2.75, 3.05) is 6.54 Å². The minimum atomic E-state index is 0.114. The van der Waals surface area contributed by atoms with Gasteiger partial charge in [-0.05, 0) is 60.7 Å². The van der Waals surface area contributed by atoms with Crippen LogP contribution in [0.5, 0.6) is 0 Å². The van der Waals surface area contributed by atoms with Crippen molar-refractivity contribution in [1.82, 2.24) is 9.47 Å². The Labute approximate surface area is 139 Å². The number of rotatable bonds is 2. The van der Waals surface area contributed by atoms with E-state index in [9.17, 15) is 4.79 Å². The molecule has 2 aromatic heterocycles. The van der Waals surface area contributed by atoms with Crippen molar-refractivity contribution in [3.8, 4) is 5.69 Å². The Morgan fingerprint density at radius 2 is 2.00 bits per heavy atom. The third kappa shape index (κ3) is 2.49. The molecule has 0 radical (unpaired) electrons. The molecule has 1 aromatic carbocycles. The summed E-state index contributed by atoms with van der Waals surface area (Å²) in [5.74, 6) is 0.114. The lowest BCUT2D eigenvalue weighted by Gasteiger charge is -2.33. The van der Waals surface area contributed by atoms with Gasteiger partial charge in [0.15, 0.2) is 0 Å². The number of carbonyl (C=O) groups excluding carboxylic acids is 1. The summed E-state index contributed by atoms with van der Waals surface area (Å²) in [7, 11) is 0. The van der Waals surface area contributed by atoms with Crippen LogP contribution in [0, 0.1) is 0 Å². The van der Waals surface area contributed by atoms with E-state index in [4.69, 9.17) is 0 Å². The van der Waals surface area contributed by atoms with E-state index in [1.807, 2.05) is 58.3 Å². The van der Waals surface area contributed by atoms with E-state index >= 15 is 0 Å². The molecule has 0 aliphatic carbocycles. The van der Waals surface area contributed by atoms with Crippen molar-refractivity contribution in [2.45, 2.75) is 19.4 Å². The maximum Gasteiger partial charge on any atom is 0.254 e. The van der Waals surface area contributed by atoms with Gasteiger partial charge in [0, 0.05) is 35.1 Å². The minimum Gasteiger partial charge on any atom is -0.331 e. The van der Waals surface area contributed by atoms with Gasteiger partial charge in [-0.3, -0.25) is 4.79 Å². The highest BCUT2D eigenvalue weighted by molar-refractivity contribution is 7.10. The Kier molecular flexibility index (Phi) is 3.54. The topological polar surface area (TPSA) is 25.2 Å². The summed E-state index contributed by atoms with van der Waals surface area (Å²) in [6, 6.07) is 14.1. The lowest BCUT2D eigenvalue weighted by atomic mass is 10.00. The highest BCUT2D eigenvalue weighted by atomic mass is 32.1. The molecule has 4 heteroatoms. The molecule has 0 saturated carbocycles. The van der Waals surface area contributed by atoms with E-state index in [0.29, 0.717) is 0 Å². The minimum absolute atomic E-state index is 0.114. The highest BCUT2D eigenvalue weighted by Crippen LogP contribution is 2.33. The number of aromatic nitrogens is 1. The second-order valence-corrected chi connectivity index (χ2v) is 6.86. The van der Waals surface area contributed by atoms with Crippen LogP contribution in [-0.4, -0.2) is 21.9 Å². The molecule has 3 nitrogen and oxygen atoms in total. The zero-order chi connectivity index (χ0) is 15.8. The van der Waals surface area contributed by atoms with E-state index in [1.54, 1.807) is 11.3 Å². The molecule has 116 valence electrons. The van der Waals surface area contributed by atoms with E-state index in [1.165, 1.54) is 10.4 Å². The van der Waals surface area contributed by atoms with Crippen molar-refractivity contribution in [3.63, 3.8) is 0 Å². The average Bonchev–Trinajstić information content (AvgIpc) is 3.26. The molecule has 0 bridgehead atoms. The second kappa shape index (κ2) is 5.70. The van der Waals surface area contributed by atoms with Crippen molar-refractivity contribution in [3.05, 3.63) is 76.2 Å². The van der Waals surface area contributed by atoms with Gasteiger partial charge < -0.3 is 9.47 Å². The van der Waals surface area contributed by atoms with E-state index in [-0.39, 0.29) is 11.9 Å². The molecule has 1 aliphatic rings. The normalized spacial score (nSPS) is 17.1. The molecule has 0 fully saturated rings. The van der Waals surface area contributed by atoms with E-state index < -0.39 is 0 Å². The van der Waals surface area contributed by atoms with E-state index in [2.05, 4.69) is 18.4 Å². The first-order chi connectivity index (χ1) is 11.2. The summed E-state index contributed by atoms with van der Waals surface area (Å²) < 4.78 is 2.02. The number of hydrogen-bond donors (Lipinski definition) is 0. The first-order valence-corrected chi connectivity index (χ1v) is 8.72. The quantitative estimate of drug-likeness (QED) is 0.690. The van der Waals surface area contributed by atoms with Gasteiger partial charge in [-0.2, -0.15) is 0 Å². The average molecular weight is 322 g/mol. The SMILES string of the molecule is C[C@@H]1c2ccsc2CCN1C(=O)c1cccc(-n2cccc2)c1.